The highest BCUT2D eigenvalue weighted by molar-refractivity contribution is 5.28. The summed E-state index contributed by atoms with van der Waals surface area (Å²) in [5.41, 5.74) is 4.02. The SMILES string of the molecule is Cc1cc2c(cn1)CN(C)CC2. The van der Waals surface area contributed by atoms with Crippen molar-refractivity contribution in [1.82, 2.24) is 9.88 Å². The van der Waals surface area contributed by atoms with Crippen molar-refractivity contribution in [2.24, 2.45) is 0 Å². The number of aromatic nitrogens is 1. The molecule has 0 amide bonds. The molecule has 1 aromatic heterocycles. The van der Waals surface area contributed by atoms with Crippen LogP contribution < -0.4 is 0 Å². The number of likely N-dealkylation sites (N-methyl/N-ethyl adjacent to an activating group) is 1. The standard InChI is InChI=1S/C10H14N2/c1-8-5-9-3-4-12(2)7-10(9)6-11-8/h5-6H,3-4,7H2,1-2H3. The summed E-state index contributed by atoms with van der Waals surface area (Å²) in [6.45, 7) is 4.29. The normalized spacial score (nSPS) is 17.5. The van der Waals surface area contributed by atoms with Crippen molar-refractivity contribution in [3.63, 3.8) is 0 Å². The molecule has 1 aliphatic heterocycles. The molecule has 0 aliphatic carbocycles. The summed E-state index contributed by atoms with van der Waals surface area (Å²) in [7, 11) is 2.16. The molecule has 0 atom stereocenters. The summed E-state index contributed by atoms with van der Waals surface area (Å²) in [4.78, 5) is 6.63. The van der Waals surface area contributed by atoms with E-state index in [4.69, 9.17) is 0 Å². The van der Waals surface area contributed by atoms with Crippen LogP contribution in [-0.4, -0.2) is 23.5 Å². The second-order valence-corrected chi connectivity index (χ2v) is 3.58. The van der Waals surface area contributed by atoms with Gasteiger partial charge in [0, 0.05) is 25.0 Å². The van der Waals surface area contributed by atoms with Crippen molar-refractivity contribution in [3.8, 4) is 0 Å². The monoisotopic (exact) mass is 162 g/mol. The van der Waals surface area contributed by atoms with Crippen molar-refractivity contribution in [1.29, 1.82) is 0 Å². The van der Waals surface area contributed by atoms with Gasteiger partial charge in [0.1, 0.15) is 0 Å². The molecule has 0 saturated carbocycles. The molecule has 0 fully saturated rings. The van der Waals surface area contributed by atoms with Crippen molar-refractivity contribution in [2.45, 2.75) is 19.9 Å². The number of pyridine rings is 1. The van der Waals surface area contributed by atoms with Crippen LogP contribution in [0.15, 0.2) is 12.3 Å². The first-order valence-electron chi connectivity index (χ1n) is 4.38. The molecule has 2 heteroatoms. The Morgan fingerprint density at radius 3 is 3.08 bits per heavy atom. The third-order valence-electron chi connectivity index (χ3n) is 2.42. The maximum atomic E-state index is 4.30. The second-order valence-electron chi connectivity index (χ2n) is 3.58. The van der Waals surface area contributed by atoms with E-state index in [0.29, 0.717) is 0 Å². The highest BCUT2D eigenvalue weighted by Gasteiger charge is 2.12. The molecule has 0 saturated heterocycles. The maximum absolute atomic E-state index is 4.30. The fourth-order valence-corrected chi connectivity index (χ4v) is 1.70. The van der Waals surface area contributed by atoms with Crippen LogP contribution in [0.25, 0.3) is 0 Å². The lowest BCUT2D eigenvalue weighted by atomic mass is 10.0. The van der Waals surface area contributed by atoms with Gasteiger partial charge in [0.05, 0.1) is 0 Å². The summed E-state index contributed by atoms with van der Waals surface area (Å²) >= 11 is 0. The van der Waals surface area contributed by atoms with Crippen LogP contribution in [0.1, 0.15) is 16.8 Å². The van der Waals surface area contributed by atoms with E-state index in [1.807, 2.05) is 6.20 Å². The van der Waals surface area contributed by atoms with Gasteiger partial charge < -0.3 is 4.90 Å². The topological polar surface area (TPSA) is 16.1 Å². The van der Waals surface area contributed by atoms with E-state index in [0.717, 1.165) is 12.2 Å². The Balaban J connectivity index is 2.37. The lowest BCUT2D eigenvalue weighted by Gasteiger charge is -2.24. The number of fused-ring (bicyclic) bond motifs is 1. The Kier molecular flexibility index (Phi) is 1.85. The second kappa shape index (κ2) is 2.87. The van der Waals surface area contributed by atoms with E-state index in [9.17, 15) is 0 Å². The van der Waals surface area contributed by atoms with Gasteiger partial charge in [0.15, 0.2) is 0 Å². The number of hydrogen-bond donors (Lipinski definition) is 0. The van der Waals surface area contributed by atoms with Gasteiger partial charge in [-0.05, 0) is 37.6 Å². The fraction of sp³-hybridized carbons (Fsp3) is 0.500. The molecule has 2 nitrogen and oxygen atoms in total. The Hall–Kier alpha value is -0.890. The molecule has 0 radical (unpaired) electrons. The van der Waals surface area contributed by atoms with Gasteiger partial charge in [-0.3, -0.25) is 4.98 Å². The van der Waals surface area contributed by atoms with Crippen LogP contribution in [0.4, 0.5) is 0 Å². The summed E-state index contributed by atoms with van der Waals surface area (Å²) in [6.07, 6.45) is 3.19. The quantitative estimate of drug-likeness (QED) is 0.573. The highest BCUT2D eigenvalue weighted by atomic mass is 15.1. The lowest BCUT2D eigenvalue weighted by molar-refractivity contribution is 0.312. The first-order valence-corrected chi connectivity index (χ1v) is 4.38. The minimum atomic E-state index is 1.06. The van der Waals surface area contributed by atoms with Gasteiger partial charge >= 0.3 is 0 Å². The average molecular weight is 162 g/mol. The van der Waals surface area contributed by atoms with E-state index in [2.05, 4.69) is 29.9 Å². The van der Waals surface area contributed by atoms with E-state index >= 15 is 0 Å². The first-order chi connectivity index (χ1) is 5.75. The number of nitrogens with zero attached hydrogens (tertiary/aromatic N) is 2. The molecule has 2 heterocycles. The van der Waals surface area contributed by atoms with Crippen molar-refractivity contribution in [3.05, 3.63) is 29.1 Å². The van der Waals surface area contributed by atoms with Crippen LogP contribution in [0.2, 0.25) is 0 Å². The van der Waals surface area contributed by atoms with Crippen LogP contribution in [0, 0.1) is 6.92 Å². The summed E-state index contributed by atoms with van der Waals surface area (Å²) in [5.74, 6) is 0. The Morgan fingerprint density at radius 1 is 1.42 bits per heavy atom. The van der Waals surface area contributed by atoms with E-state index in [1.165, 1.54) is 24.1 Å². The molecule has 0 aromatic carbocycles. The molecule has 0 spiro atoms. The zero-order chi connectivity index (χ0) is 8.55. The fourth-order valence-electron chi connectivity index (χ4n) is 1.70. The Morgan fingerprint density at radius 2 is 2.25 bits per heavy atom. The van der Waals surface area contributed by atoms with E-state index in [-0.39, 0.29) is 0 Å². The van der Waals surface area contributed by atoms with Gasteiger partial charge in [-0.25, -0.2) is 0 Å². The van der Waals surface area contributed by atoms with Crippen LogP contribution in [0.5, 0.6) is 0 Å². The molecule has 1 aliphatic rings. The zero-order valence-corrected chi connectivity index (χ0v) is 7.67. The van der Waals surface area contributed by atoms with Crippen LogP contribution >= 0.6 is 0 Å². The zero-order valence-electron chi connectivity index (χ0n) is 7.67. The third kappa shape index (κ3) is 1.34. The van der Waals surface area contributed by atoms with E-state index in [1.54, 1.807) is 0 Å². The van der Waals surface area contributed by atoms with Crippen LogP contribution in [-0.2, 0) is 13.0 Å². The molecule has 12 heavy (non-hydrogen) atoms. The van der Waals surface area contributed by atoms with Crippen molar-refractivity contribution in [2.75, 3.05) is 13.6 Å². The summed E-state index contributed by atoms with van der Waals surface area (Å²) in [6, 6.07) is 2.21. The first kappa shape index (κ1) is 7.74. The maximum Gasteiger partial charge on any atom is 0.0375 e. The smallest absolute Gasteiger partial charge is 0.0375 e. The van der Waals surface area contributed by atoms with Gasteiger partial charge in [-0.2, -0.15) is 0 Å². The highest BCUT2D eigenvalue weighted by Crippen LogP contribution is 2.16. The molecule has 1 aromatic rings. The molecular formula is C10H14N2. The predicted octanol–water partition coefficient (Wildman–Crippen LogP) is 1.38. The third-order valence-corrected chi connectivity index (χ3v) is 2.42. The molecule has 0 N–H and O–H groups in total. The Labute approximate surface area is 73.2 Å². The van der Waals surface area contributed by atoms with Crippen LogP contribution in [0.3, 0.4) is 0 Å². The van der Waals surface area contributed by atoms with Gasteiger partial charge in [0.2, 0.25) is 0 Å². The number of aryl methyl sites for hydroxylation is 1. The molecular weight excluding hydrogens is 148 g/mol. The van der Waals surface area contributed by atoms with E-state index < -0.39 is 0 Å². The summed E-state index contributed by atoms with van der Waals surface area (Å²) in [5, 5.41) is 0. The average Bonchev–Trinajstić information content (AvgIpc) is 2.05. The molecule has 64 valence electrons. The predicted molar refractivity (Wildman–Crippen MR) is 49.0 cm³/mol. The van der Waals surface area contributed by atoms with Gasteiger partial charge in [-0.1, -0.05) is 0 Å². The van der Waals surface area contributed by atoms with Crippen molar-refractivity contribution >= 4 is 0 Å². The molecule has 2 rings (SSSR count). The number of rotatable bonds is 0. The van der Waals surface area contributed by atoms with Gasteiger partial charge in [0.25, 0.3) is 0 Å². The molecule has 0 bridgehead atoms. The molecule has 0 unspecified atom stereocenters. The summed E-state index contributed by atoms with van der Waals surface area (Å²) < 4.78 is 0. The number of hydrogen-bond acceptors (Lipinski definition) is 2. The van der Waals surface area contributed by atoms with Gasteiger partial charge in [-0.15, -0.1) is 0 Å². The minimum Gasteiger partial charge on any atom is -0.302 e. The van der Waals surface area contributed by atoms with Crippen molar-refractivity contribution < 1.29 is 0 Å². The Bertz CT molecular complexity index is 294. The minimum absolute atomic E-state index is 1.06. The largest absolute Gasteiger partial charge is 0.302 e. The lowest BCUT2D eigenvalue weighted by Crippen LogP contribution is -2.26.